The Labute approximate surface area is 188 Å². The van der Waals surface area contributed by atoms with Crippen LogP contribution in [0.2, 0.25) is 0 Å². The summed E-state index contributed by atoms with van der Waals surface area (Å²) in [7, 11) is 3.94. The molecule has 8 nitrogen and oxygen atoms in total. The van der Waals surface area contributed by atoms with Gasteiger partial charge in [-0.05, 0) is 59.8 Å². The summed E-state index contributed by atoms with van der Waals surface area (Å²) in [6.45, 7) is -0.0172. The van der Waals surface area contributed by atoms with Gasteiger partial charge in [0.25, 0.3) is 16.8 Å². The molecule has 2 heterocycles. The van der Waals surface area contributed by atoms with Crippen molar-refractivity contribution in [2.75, 3.05) is 19.0 Å². The van der Waals surface area contributed by atoms with E-state index in [4.69, 9.17) is 0 Å². The maximum absolute atomic E-state index is 12.9. The number of benzene rings is 2. The summed E-state index contributed by atoms with van der Waals surface area (Å²) in [5.74, 6) is -0.415. The molecule has 1 aromatic heterocycles. The smallest absolute Gasteiger partial charge is 0.293 e. The highest BCUT2D eigenvalue weighted by Gasteiger charge is 2.35. The van der Waals surface area contributed by atoms with Gasteiger partial charge in [-0.1, -0.05) is 12.1 Å². The molecule has 1 saturated heterocycles. The molecular formula is C23H20N4O4S. The van der Waals surface area contributed by atoms with E-state index in [9.17, 15) is 19.7 Å². The van der Waals surface area contributed by atoms with Crippen LogP contribution in [-0.2, 0) is 11.3 Å². The number of amides is 2. The number of hydrogen-bond donors (Lipinski definition) is 0. The summed E-state index contributed by atoms with van der Waals surface area (Å²) < 4.78 is 1.94. The van der Waals surface area contributed by atoms with Crippen LogP contribution in [0.3, 0.4) is 0 Å². The molecule has 1 fully saturated rings. The Morgan fingerprint density at radius 1 is 1.06 bits per heavy atom. The normalized spacial score (nSPS) is 14.9. The Kier molecular flexibility index (Phi) is 5.83. The van der Waals surface area contributed by atoms with Crippen LogP contribution in [0, 0.1) is 10.1 Å². The standard InChI is InChI=1S/C23H20N4O4S/c1-24(2)17-8-10-18(11-9-17)25-12-4-7-19(25)14-21-22(28)26(23(29)32-21)15-16-5-3-6-20(13-16)27(30)31/h3-14H,15H2,1-2H3/b21-14-. The van der Waals surface area contributed by atoms with Crippen molar-refractivity contribution in [2.45, 2.75) is 6.54 Å². The van der Waals surface area contributed by atoms with Gasteiger partial charge in [0.2, 0.25) is 0 Å². The second-order valence-corrected chi connectivity index (χ2v) is 8.40. The van der Waals surface area contributed by atoms with Crippen molar-refractivity contribution in [1.82, 2.24) is 9.47 Å². The van der Waals surface area contributed by atoms with Crippen molar-refractivity contribution in [1.29, 1.82) is 0 Å². The zero-order valence-corrected chi connectivity index (χ0v) is 18.3. The fourth-order valence-electron chi connectivity index (χ4n) is 3.38. The van der Waals surface area contributed by atoms with Crippen LogP contribution < -0.4 is 4.90 Å². The third-order valence-electron chi connectivity index (χ3n) is 5.04. The zero-order valence-electron chi connectivity index (χ0n) is 17.5. The van der Waals surface area contributed by atoms with Crippen LogP contribution in [0.15, 0.2) is 71.8 Å². The first-order valence-electron chi connectivity index (χ1n) is 9.77. The number of aromatic nitrogens is 1. The second kappa shape index (κ2) is 8.72. The number of carbonyl (C=O) groups excluding carboxylic acids is 2. The highest BCUT2D eigenvalue weighted by atomic mass is 32.2. The fourth-order valence-corrected chi connectivity index (χ4v) is 4.20. The van der Waals surface area contributed by atoms with Gasteiger partial charge in [0.05, 0.1) is 16.4 Å². The van der Waals surface area contributed by atoms with Crippen molar-refractivity contribution < 1.29 is 14.5 Å². The molecule has 0 N–H and O–H groups in total. The molecule has 1 aliphatic heterocycles. The molecule has 0 radical (unpaired) electrons. The fraction of sp³-hybridized carbons (Fsp3) is 0.130. The Balaban J connectivity index is 1.57. The number of non-ortho nitro benzene ring substituents is 1. The lowest BCUT2D eigenvalue weighted by Gasteiger charge is -2.14. The minimum absolute atomic E-state index is 0.0172. The van der Waals surface area contributed by atoms with Crippen LogP contribution in [0.5, 0.6) is 0 Å². The quantitative estimate of drug-likeness (QED) is 0.309. The molecule has 0 aliphatic carbocycles. The van der Waals surface area contributed by atoms with Crippen molar-refractivity contribution in [3.8, 4) is 5.69 Å². The third kappa shape index (κ3) is 4.28. The average Bonchev–Trinajstić information content (AvgIpc) is 3.34. The minimum atomic E-state index is -0.504. The van der Waals surface area contributed by atoms with Crippen molar-refractivity contribution in [3.05, 3.63) is 93.1 Å². The topological polar surface area (TPSA) is 88.7 Å². The Hall–Kier alpha value is -3.85. The molecule has 32 heavy (non-hydrogen) atoms. The van der Waals surface area contributed by atoms with Crippen LogP contribution >= 0.6 is 11.8 Å². The number of nitro benzene ring substituents is 1. The monoisotopic (exact) mass is 448 g/mol. The van der Waals surface area contributed by atoms with Crippen LogP contribution in [-0.4, -0.2) is 39.6 Å². The van der Waals surface area contributed by atoms with Gasteiger partial charge in [-0.25, -0.2) is 0 Å². The van der Waals surface area contributed by atoms with E-state index < -0.39 is 16.1 Å². The van der Waals surface area contributed by atoms with Gasteiger partial charge in [-0.3, -0.25) is 24.6 Å². The van der Waals surface area contributed by atoms with Gasteiger partial charge in [0.15, 0.2) is 0 Å². The third-order valence-corrected chi connectivity index (χ3v) is 5.95. The van der Waals surface area contributed by atoms with Crippen LogP contribution in [0.1, 0.15) is 11.3 Å². The number of thioether (sulfide) groups is 1. The maximum atomic E-state index is 12.9. The summed E-state index contributed by atoms with van der Waals surface area (Å²) in [5.41, 5.74) is 3.21. The minimum Gasteiger partial charge on any atom is -0.378 e. The lowest BCUT2D eigenvalue weighted by atomic mass is 10.2. The molecule has 2 amide bonds. The number of rotatable bonds is 6. The van der Waals surface area contributed by atoms with Crippen molar-refractivity contribution in [3.63, 3.8) is 0 Å². The van der Waals surface area contributed by atoms with E-state index in [0.29, 0.717) is 10.5 Å². The van der Waals surface area contributed by atoms with Gasteiger partial charge >= 0.3 is 0 Å². The Morgan fingerprint density at radius 3 is 2.50 bits per heavy atom. The summed E-state index contributed by atoms with van der Waals surface area (Å²) in [6, 6.07) is 17.7. The highest BCUT2D eigenvalue weighted by molar-refractivity contribution is 8.18. The first-order chi connectivity index (χ1) is 15.3. The number of carbonyl (C=O) groups is 2. The number of hydrogen-bond acceptors (Lipinski definition) is 6. The van der Waals surface area contributed by atoms with Gasteiger partial charge in [0.1, 0.15) is 0 Å². The predicted molar refractivity (Wildman–Crippen MR) is 125 cm³/mol. The summed E-state index contributed by atoms with van der Waals surface area (Å²) in [6.07, 6.45) is 3.59. The molecule has 0 unspecified atom stereocenters. The largest absolute Gasteiger partial charge is 0.378 e. The maximum Gasteiger partial charge on any atom is 0.293 e. The summed E-state index contributed by atoms with van der Waals surface area (Å²) in [4.78, 5) is 39.3. The van der Waals surface area contributed by atoms with E-state index in [1.54, 1.807) is 12.1 Å². The summed E-state index contributed by atoms with van der Waals surface area (Å²) >= 11 is 0.865. The van der Waals surface area contributed by atoms with E-state index in [1.807, 2.05) is 66.2 Å². The molecule has 0 spiro atoms. The molecule has 4 rings (SSSR count). The molecule has 0 bridgehead atoms. The molecule has 0 atom stereocenters. The van der Waals surface area contributed by atoms with Gasteiger partial charge in [0, 0.05) is 49.5 Å². The number of nitrogens with zero attached hydrogens (tertiary/aromatic N) is 4. The SMILES string of the molecule is CN(C)c1ccc(-n2cccc2/C=C2\SC(=O)N(Cc3cccc([N+](=O)[O-])c3)C2=O)cc1. The molecule has 1 aliphatic rings. The first kappa shape index (κ1) is 21.4. The highest BCUT2D eigenvalue weighted by Crippen LogP contribution is 2.34. The molecule has 2 aromatic carbocycles. The van der Waals surface area contributed by atoms with Gasteiger partial charge in [-0.15, -0.1) is 0 Å². The first-order valence-corrected chi connectivity index (χ1v) is 10.6. The number of imide groups is 1. The van der Waals surface area contributed by atoms with Gasteiger partial charge in [-0.2, -0.15) is 0 Å². The second-order valence-electron chi connectivity index (χ2n) is 7.41. The lowest BCUT2D eigenvalue weighted by Crippen LogP contribution is -2.27. The van der Waals surface area contributed by atoms with Crippen molar-refractivity contribution >= 4 is 40.4 Å². The van der Waals surface area contributed by atoms with E-state index in [-0.39, 0.29) is 12.2 Å². The van der Waals surface area contributed by atoms with Crippen LogP contribution in [0.25, 0.3) is 11.8 Å². The lowest BCUT2D eigenvalue weighted by molar-refractivity contribution is -0.384. The van der Waals surface area contributed by atoms with E-state index in [2.05, 4.69) is 0 Å². The molecule has 0 saturated carbocycles. The molecular weight excluding hydrogens is 428 g/mol. The van der Waals surface area contributed by atoms with Crippen molar-refractivity contribution in [2.24, 2.45) is 0 Å². The van der Waals surface area contributed by atoms with E-state index >= 15 is 0 Å². The number of nitro groups is 1. The molecule has 3 aromatic rings. The average molecular weight is 449 g/mol. The van der Waals surface area contributed by atoms with Gasteiger partial charge < -0.3 is 9.47 Å². The van der Waals surface area contributed by atoms with E-state index in [0.717, 1.165) is 33.7 Å². The summed E-state index contributed by atoms with van der Waals surface area (Å²) in [5, 5.41) is 10.6. The zero-order chi connectivity index (χ0) is 22.8. The predicted octanol–water partition coefficient (Wildman–Crippen LogP) is 4.69. The van der Waals surface area contributed by atoms with E-state index in [1.165, 1.54) is 18.2 Å². The Bertz CT molecular complexity index is 1230. The number of anilines is 1. The molecule has 162 valence electrons. The van der Waals surface area contributed by atoms with Crippen LogP contribution in [0.4, 0.5) is 16.2 Å². The molecule has 9 heteroatoms. The Morgan fingerprint density at radius 2 is 1.81 bits per heavy atom.